The van der Waals surface area contributed by atoms with Crippen molar-refractivity contribution in [3.05, 3.63) is 202 Å². The van der Waals surface area contributed by atoms with E-state index in [2.05, 4.69) is 103 Å². The number of anilines is 4. The molecule has 632 valence electrons. The van der Waals surface area contributed by atoms with E-state index in [0.717, 1.165) is 116 Å². The van der Waals surface area contributed by atoms with E-state index in [9.17, 15) is 24.0 Å². The fraction of sp³-hybridized carbons (Fsp3) is 0.436. The number of aromatic nitrogens is 8. The smallest absolute Gasteiger partial charge is 0.257 e. The van der Waals surface area contributed by atoms with Crippen LogP contribution in [0.5, 0.6) is 0 Å². The molecule has 0 bridgehead atoms. The van der Waals surface area contributed by atoms with E-state index in [4.69, 9.17) is 39.9 Å². The molecule has 3 aliphatic heterocycles. The highest BCUT2D eigenvalue weighted by Gasteiger charge is 2.30. The maximum absolute atomic E-state index is 13.5. The number of nitriles is 2. The molecule has 0 radical (unpaired) electrons. The Hall–Kier alpha value is -12.1. The highest BCUT2D eigenvalue weighted by atomic mass is 16.5. The SMILES string of the molecule is CC(C)CN(CC(C)C)C(=O)c1cnc(N2CCCC2)nc1-c1ccc(C#N)cc1.CCN(Cc1ccccc1)C(=O)c1cnc(N2CCCC2)nc1-c1ccc(C#N)cc1.COCCCNC(=O)c1cnc(N2CCN(C(C)=O)CC2)nc1-c1cccc(C)c1.COCCCNc1ncc(C(=O)NC2CCCCC2C)c(-c2cccc(C)c2)n1.[HH]. The van der Waals surface area contributed by atoms with Gasteiger partial charge in [0.25, 0.3) is 23.6 Å². The molecule has 1 aliphatic carbocycles. The molecule has 3 saturated heterocycles. The van der Waals surface area contributed by atoms with Gasteiger partial charge >= 0.3 is 0 Å². The number of carbonyl (C=O) groups excluding carboxylic acids is 5. The van der Waals surface area contributed by atoms with Gasteiger partial charge in [0.2, 0.25) is 29.7 Å². The molecular formula is C94H119N19O7. The lowest BCUT2D eigenvalue weighted by Gasteiger charge is -2.34. The Kier molecular flexibility index (Phi) is 34.4. The lowest BCUT2D eigenvalue weighted by Crippen LogP contribution is -2.48. The third-order valence-electron chi connectivity index (χ3n) is 21.4. The van der Waals surface area contributed by atoms with E-state index in [-0.39, 0.29) is 37.0 Å². The van der Waals surface area contributed by atoms with Crippen LogP contribution in [0.15, 0.2) is 152 Å². The van der Waals surface area contributed by atoms with Crippen LogP contribution in [-0.2, 0) is 20.8 Å². The van der Waals surface area contributed by atoms with Crippen LogP contribution < -0.4 is 30.7 Å². The number of amides is 5. The molecule has 13 rings (SSSR count). The zero-order chi connectivity index (χ0) is 85.5. The second kappa shape index (κ2) is 45.7. The van der Waals surface area contributed by atoms with Crippen LogP contribution in [0, 0.1) is 54.3 Å². The average molecular weight is 1630 g/mol. The standard InChI is InChI=1S/C25H25N5O.C24H31N5O.C23H32N4O2.C22H29N5O3.H2/c1-2-29(18-20-8-4-3-5-9-20)24(31)22-17-27-25(30-14-6-7-15-30)28-23(22)21-12-10-19(16-26)11-13-21;1-17(2)15-29(16-18(3)4)23(30)21-14-26-24(28-11-5-6-12-28)27-22(21)20-9-7-19(13-25)8-10-20;1-16-8-6-10-18(14-16)21-19(15-25-23(27-21)24-12-7-13-29-3)22(28)26-20-11-5-4-9-17(20)2;1-16-6-4-7-18(14-16)20-19(21(29)23-8-5-13-30-3)15-24-22(25-20)27-11-9-26(10-12-27)17(2)28;/h3-5,8-13,17H,2,6-7,14-15,18H2,1H3;7-10,14,17-18H,5-6,11-12,15-16H2,1-4H3;6,8,10,14-15,17,20H,4-5,7,9,11-13H2,1-3H3,(H,26,28)(H,24,25,27);4,6-7,14-15H,5,8-13H2,1-3H3,(H,23,29);1H. The summed E-state index contributed by atoms with van der Waals surface area (Å²) in [6, 6.07) is 44.9. The van der Waals surface area contributed by atoms with Crippen LogP contribution >= 0.6 is 0 Å². The first-order valence-corrected chi connectivity index (χ1v) is 42.2. The van der Waals surface area contributed by atoms with E-state index < -0.39 is 0 Å². The Morgan fingerprint density at radius 2 is 0.967 bits per heavy atom. The Morgan fingerprint density at radius 1 is 0.517 bits per heavy atom. The van der Waals surface area contributed by atoms with E-state index in [0.29, 0.717) is 176 Å². The lowest BCUT2D eigenvalue weighted by molar-refractivity contribution is -0.129. The van der Waals surface area contributed by atoms with Crippen molar-refractivity contribution in [2.75, 3.05) is 133 Å². The van der Waals surface area contributed by atoms with Crippen molar-refractivity contribution in [2.45, 2.75) is 139 Å². The summed E-state index contributed by atoms with van der Waals surface area (Å²) in [5.41, 5.74) is 12.4. The van der Waals surface area contributed by atoms with Gasteiger partial charge in [-0.3, -0.25) is 24.0 Å². The van der Waals surface area contributed by atoms with Gasteiger partial charge in [0.05, 0.1) is 68.3 Å². The summed E-state index contributed by atoms with van der Waals surface area (Å²) in [5.74, 6) is 3.32. The summed E-state index contributed by atoms with van der Waals surface area (Å²) in [4.78, 5) is 114. The first-order valence-electron chi connectivity index (χ1n) is 42.2. The van der Waals surface area contributed by atoms with Gasteiger partial charge < -0.3 is 54.8 Å². The number of aryl methyl sites for hydroxylation is 2. The van der Waals surface area contributed by atoms with Crippen molar-refractivity contribution in [3.63, 3.8) is 0 Å². The van der Waals surface area contributed by atoms with Crippen molar-refractivity contribution in [1.82, 2.24) is 65.2 Å². The number of rotatable bonds is 28. The molecule has 26 nitrogen and oxygen atoms in total. The fourth-order valence-corrected chi connectivity index (χ4v) is 14.9. The van der Waals surface area contributed by atoms with Crippen LogP contribution in [0.3, 0.4) is 0 Å². The summed E-state index contributed by atoms with van der Waals surface area (Å²) in [6.07, 6.45) is 17.3. The summed E-state index contributed by atoms with van der Waals surface area (Å²) >= 11 is 0. The first kappa shape index (κ1) is 90.2. The number of nitrogens with zero attached hydrogens (tertiary/aromatic N) is 16. The number of hydrogen-bond donors (Lipinski definition) is 3. The lowest BCUT2D eigenvalue weighted by atomic mass is 9.86. The van der Waals surface area contributed by atoms with Crippen LogP contribution in [0.4, 0.5) is 23.8 Å². The molecule has 2 atom stereocenters. The zero-order valence-corrected chi connectivity index (χ0v) is 71.6. The predicted molar refractivity (Wildman–Crippen MR) is 473 cm³/mol. The van der Waals surface area contributed by atoms with E-state index in [1.807, 2.05) is 128 Å². The van der Waals surface area contributed by atoms with Gasteiger partial charge in [-0.05, 0) is 132 Å². The number of piperazine rings is 1. The van der Waals surface area contributed by atoms with Crippen LogP contribution in [0.1, 0.15) is 183 Å². The van der Waals surface area contributed by atoms with Gasteiger partial charge in [-0.2, -0.15) is 10.5 Å². The molecule has 3 N–H and O–H groups in total. The largest absolute Gasteiger partial charge is 0.385 e. The maximum atomic E-state index is 13.5. The molecule has 1 saturated carbocycles. The highest BCUT2D eigenvalue weighted by Crippen LogP contribution is 2.33. The van der Waals surface area contributed by atoms with Gasteiger partial charge in [-0.1, -0.05) is 150 Å². The Balaban J connectivity index is 0.000000183. The third-order valence-corrected chi connectivity index (χ3v) is 21.4. The number of benzene rings is 5. The van der Waals surface area contributed by atoms with Gasteiger partial charge in [-0.15, -0.1) is 0 Å². The minimum atomic E-state index is -0.199. The molecule has 4 fully saturated rings. The Bertz CT molecular complexity index is 4940. The van der Waals surface area contributed by atoms with Crippen molar-refractivity contribution in [3.8, 4) is 57.2 Å². The summed E-state index contributed by atoms with van der Waals surface area (Å²) in [5, 5.41) is 27.6. The van der Waals surface area contributed by atoms with Gasteiger partial charge in [-0.25, -0.2) is 39.9 Å². The molecule has 9 aromatic rings. The molecule has 5 aromatic carbocycles. The number of ether oxygens (including phenoxy) is 2. The van der Waals surface area contributed by atoms with Crippen molar-refractivity contribution in [1.29, 1.82) is 10.5 Å². The monoisotopic (exact) mass is 1630 g/mol. The number of nitrogens with one attached hydrogen (secondary N) is 3. The normalized spacial score (nSPS) is 14.9. The second-order valence-corrected chi connectivity index (χ2v) is 31.8. The summed E-state index contributed by atoms with van der Waals surface area (Å²) in [6.45, 7) is 29.6. The highest BCUT2D eigenvalue weighted by molar-refractivity contribution is 6.02. The van der Waals surface area contributed by atoms with E-state index in [1.165, 1.54) is 12.8 Å². The molecule has 7 heterocycles. The average Bonchev–Trinajstić information content (AvgIpc) is 1.79. The third kappa shape index (κ3) is 25.7. The van der Waals surface area contributed by atoms with Crippen LogP contribution in [0.2, 0.25) is 0 Å². The molecular weight excluding hydrogens is 1510 g/mol. The summed E-state index contributed by atoms with van der Waals surface area (Å²) < 4.78 is 10.1. The minimum absolute atomic E-state index is 0. The minimum Gasteiger partial charge on any atom is -0.385 e. The molecule has 5 amide bonds. The molecule has 2 unspecified atom stereocenters. The van der Waals surface area contributed by atoms with E-state index in [1.54, 1.807) is 75.1 Å². The van der Waals surface area contributed by atoms with Gasteiger partial charge in [0.1, 0.15) is 0 Å². The Labute approximate surface area is 709 Å². The topological polar surface area (TPSA) is 310 Å². The summed E-state index contributed by atoms with van der Waals surface area (Å²) in [7, 11) is 3.33. The van der Waals surface area contributed by atoms with Gasteiger partial charge in [0.15, 0.2) is 0 Å². The van der Waals surface area contributed by atoms with E-state index >= 15 is 0 Å². The van der Waals surface area contributed by atoms with Crippen molar-refractivity contribution >= 4 is 53.3 Å². The zero-order valence-electron chi connectivity index (χ0n) is 71.6. The van der Waals surface area contributed by atoms with Gasteiger partial charge in [0, 0.05) is 180 Å². The predicted octanol–water partition coefficient (Wildman–Crippen LogP) is 15.0. The molecule has 0 spiro atoms. The number of methoxy groups -OCH3 is 2. The quantitative estimate of drug-likeness (QED) is 0.0384. The number of carbonyl (C=O) groups is 5. The molecule has 4 aliphatic rings. The fourth-order valence-electron chi connectivity index (χ4n) is 14.9. The molecule has 120 heavy (non-hydrogen) atoms. The molecule has 4 aromatic heterocycles. The van der Waals surface area contributed by atoms with Crippen LogP contribution in [-0.4, -0.2) is 203 Å². The number of hydrogen-bond acceptors (Lipinski definition) is 21. The van der Waals surface area contributed by atoms with Crippen molar-refractivity contribution in [2.24, 2.45) is 17.8 Å². The maximum Gasteiger partial charge on any atom is 0.257 e. The van der Waals surface area contributed by atoms with Crippen molar-refractivity contribution < 1.29 is 34.9 Å². The first-order chi connectivity index (χ1) is 58.1. The van der Waals surface area contributed by atoms with Crippen LogP contribution in [0.25, 0.3) is 45.0 Å². The molecule has 26 heteroatoms. The second-order valence-electron chi connectivity index (χ2n) is 31.8. The Morgan fingerprint density at radius 3 is 1.43 bits per heavy atom.